The monoisotopic (exact) mass is 261 g/mol. The standard InChI is InChI=1S/C17H27NO/c1-3-4-6-11-17(14-9-7-5-8-10-14)18-15-12-16(13-15)19-2/h5,7-10,15-18H,3-4,6,11-13H2,1-2H3. The molecule has 1 atom stereocenters. The minimum Gasteiger partial charge on any atom is -0.381 e. The van der Waals surface area contributed by atoms with Crippen LogP contribution in [0.5, 0.6) is 0 Å². The van der Waals surface area contributed by atoms with Crippen molar-refractivity contribution in [2.45, 2.75) is 63.6 Å². The van der Waals surface area contributed by atoms with Crippen LogP contribution in [0.4, 0.5) is 0 Å². The first-order valence-electron chi connectivity index (χ1n) is 7.67. The molecule has 1 N–H and O–H groups in total. The maximum atomic E-state index is 5.36. The van der Waals surface area contributed by atoms with Crippen LogP contribution in [0.2, 0.25) is 0 Å². The Morgan fingerprint density at radius 2 is 1.95 bits per heavy atom. The number of benzene rings is 1. The molecule has 19 heavy (non-hydrogen) atoms. The number of nitrogens with one attached hydrogen (secondary N) is 1. The van der Waals surface area contributed by atoms with Gasteiger partial charge >= 0.3 is 0 Å². The second-order valence-electron chi connectivity index (χ2n) is 5.65. The molecule has 0 saturated heterocycles. The Hall–Kier alpha value is -0.860. The highest BCUT2D eigenvalue weighted by atomic mass is 16.5. The molecule has 0 heterocycles. The van der Waals surface area contributed by atoms with Crippen molar-refractivity contribution in [3.05, 3.63) is 35.9 Å². The Kier molecular flexibility index (Phi) is 5.87. The lowest BCUT2D eigenvalue weighted by molar-refractivity contribution is 0.0137. The first-order chi connectivity index (χ1) is 9.33. The second-order valence-corrected chi connectivity index (χ2v) is 5.65. The van der Waals surface area contributed by atoms with Crippen LogP contribution in [0.15, 0.2) is 30.3 Å². The summed E-state index contributed by atoms with van der Waals surface area (Å²) in [6.07, 6.45) is 7.97. The van der Waals surface area contributed by atoms with E-state index in [2.05, 4.69) is 42.6 Å². The maximum Gasteiger partial charge on any atom is 0.0601 e. The molecule has 0 radical (unpaired) electrons. The molecule has 0 spiro atoms. The highest BCUT2D eigenvalue weighted by Crippen LogP contribution is 2.28. The first-order valence-corrected chi connectivity index (χ1v) is 7.67. The topological polar surface area (TPSA) is 21.3 Å². The van der Waals surface area contributed by atoms with Crippen LogP contribution in [0.3, 0.4) is 0 Å². The van der Waals surface area contributed by atoms with Gasteiger partial charge in [-0.1, -0.05) is 56.5 Å². The minimum absolute atomic E-state index is 0.476. The fourth-order valence-electron chi connectivity index (χ4n) is 2.81. The number of unbranched alkanes of at least 4 members (excludes halogenated alkanes) is 2. The van der Waals surface area contributed by atoms with Crippen LogP contribution < -0.4 is 5.32 Å². The summed E-state index contributed by atoms with van der Waals surface area (Å²) >= 11 is 0. The van der Waals surface area contributed by atoms with Crippen LogP contribution in [0.25, 0.3) is 0 Å². The molecule has 0 amide bonds. The van der Waals surface area contributed by atoms with Gasteiger partial charge in [0.15, 0.2) is 0 Å². The van der Waals surface area contributed by atoms with Crippen LogP contribution in [-0.4, -0.2) is 19.3 Å². The molecule has 0 bridgehead atoms. The van der Waals surface area contributed by atoms with E-state index in [0.717, 1.165) is 12.8 Å². The van der Waals surface area contributed by atoms with E-state index in [9.17, 15) is 0 Å². The van der Waals surface area contributed by atoms with E-state index < -0.39 is 0 Å². The lowest BCUT2D eigenvalue weighted by atomic mass is 9.87. The first kappa shape index (κ1) is 14.5. The molecule has 2 nitrogen and oxygen atoms in total. The average Bonchev–Trinajstić information content (AvgIpc) is 2.41. The van der Waals surface area contributed by atoms with Crippen LogP contribution in [-0.2, 0) is 4.74 Å². The summed E-state index contributed by atoms with van der Waals surface area (Å²) in [5.41, 5.74) is 1.43. The molecular weight excluding hydrogens is 234 g/mol. The summed E-state index contributed by atoms with van der Waals surface area (Å²) in [7, 11) is 1.82. The van der Waals surface area contributed by atoms with Gasteiger partial charge in [0.25, 0.3) is 0 Å². The molecule has 1 aromatic carbocycles. The Balaban J connectivity index is 1.87. The summed E-state index contributed by atoms with van der Waals surface area (Å²) in [5.74, 6) is 0. The normalized spacial score (nSPS) is 23.9. The largest absolute Gasteiger partial charge is 0.381 e. The van der Waals surface area contributed by atoms with Crippen LogP contribution in [0, 0.1) is 0 Å². The zero-order chi connectivity index (χ0) is 13.5. The van der Waals surface area contributed by atoms with Crippen LogP contribution in [0.1, 0.15) is 57.1 Å². The highest BCUT2D eigenvalue weighted by molar-refractivity contribution is 5.19. The van der Waals surface area contributed by atoms with Gasteiger partial charge in [-0.25, -0.2) is 0 Å². The van der Waals surface area contributed by atoms with Crippen molar-refractivity contribution >= 4 is 0 Å². The van der Waals surface area contributed by atoms with Crippen molar-refractivity contribution in [3.8, 4) is 0 Å². The summed E-state index contributed by atoms with van der Waals surface area (Å²) in [5, 5.41) is 3.81. The molecule has 1 unspecified atom stereocenters. The molecule has 106 valence electrons. The smallest absolute Gasteiger partial charge is 0.0601 e. The predicted octanol–water partition coefficient (Wildman–Crippen LogP) is 4.08. The molecule has 1 aliphatic carbocycles. The molecule has 1 saturated carbocycles. The molecule has 1 aromatic rings. The van der Waals surface area contributed by atoms with Crippen molar-refractivity contribution in [1.29, 1.82) is 0 Å². The Bertz CT molecular complexity index is 346. The minimum atomic E-state index is 0.476. The Morgan fingerprint density at radius 1 is 1.21 bits per heavy atom. The van der Waals surface area contributed by atoms with Crippen molar-refractivity contribution in [3.63, 3.8) is 0 Å². The molecule has 1 fully saturated rings. The maximum absolute atomic E-state index is 5.36. The van der Waals surface area contributed by atoms with Crippen molar-refractivity contribution < 1.29 is 4.74 Å². The van der Waals surface area contributed by atoms with Crippen molar-refractivity contribution in [2.24, 2.45) is 0 Å². The molecule has 0 aromatic heterocycles. The van der Waals surface area contributed by atoms with Gasteiger partial charge in [-0.15, -0.1) is 0 Å². The fourth-order valence-corrected chi connectivity index (χ4v) is 2.81. The number of hydrogen-bond acceptors (Lipinski definition) is 2. The molecule has 2 heteroatoms. The third kappa shape index (κ3) is 4.32. The van der Waals surface area contributed by atoms with E-state index in [0.29, 0.717) is 18.2 Å². The van der Waals surface area contributed by atoms with Crippen molar-refractivity contribution in [1.82, 2.24) is 5.32 Å². The third-order valence-electron chi connectivity index (χ3n) is 4.16. The predicted molar refractivity (Wildman–Crippen MR) is 80.3 cm³/mol. The SMILES string of the molecule is CCCCCC(NC1CC(OC)C1)c1ccccc1. The Labute approximate surface area is 117 Å². The number of ether oxygens (including phenoxy) is 1. The van der Waals surface area contributed by atoms with E-state index in [1.807, 2.05) is 7.11 Å². The van der Waals surface area contributed by atoms with Gasteiger partial charge in [-0.2, -0.15) is 0 Å². The number of rotatable bonds is 8. The quantitative estimate of drug-likeness (QED) is 0.712. The number of hydrogen-bond donors (Lipinski definition) is 1. The molecule has 1 aliphatic rings. The molecular formula is C17H27NO. The van der Waals surface area contributed by atoms with E-state index in [1.54, 1.807) is 0 Å². The van der Waals surface area contributed by atoms with Crippen molar-refractivity contribution in [2.75, 3.05) is 7.11 Å². The van der Waals surface area contributed by atoms with E-state index in [-0.39, 0.29) is 0 Å². The van der Waals surface area contributed by atoms with Gasteiger partial charge in [0.05, 0.1) is 6.10 Å². The second kappa shape index (κ2) is 7.66. The van der Waals surface area contributed by atoms with E-state index in [4.69, 9.17) is 4.74 Å². The van der Waals surface area contributed by atoms with Gasteiger partial charge in [-0.05, 0) is 24.8 Å². The third-order valence-corrected chi connectivity index (χ3v) is 4.16. The van der Waals surface area contributed by atoms with Crippen LogP contribution >= 0.6 is 0 Å². The fraction of sp³-hybridized carbons (Fsp3) is 0.647. The van der Waals surface area contributed by atoms with E-state index >= 15 is 0 Å². The van der Waals surface area contributed by atoms with Gasteiger partial charge in [0.2, 0.25) is 0 Å². The summed E-state index contributed by atoms with van der Waals surface area (Å²) in [6, 6.07) is 12.0. The molecule has 0 aliphatic heterocycles. The number of methoxy groups -OCH3 is 1. The lowest BCUT2D eigenvalue weighted by Crippen LogP contribution is -2.46. The van der Waals surface area contributed by atoms with Gasteiger partial charge in [-0.3, -0.25) is 0 Å². The summed E-state index contributed by atoms with van der Waals surface area (Å²) in [4.78, 5) is 0. The zero-order valence-corrected chi connectivity index (χ0v) is 12.3. The summed E-state index contributed by atoms with van der Waals surface area (Å²) in [6.45, 7) is 2.26. The zero-order valence-electron chi connectivity index (χ0n) is 12.3. The van der Waals surface area contributed by atoms with E-state index in [1.165, 1.54) is 31.2 Å². The Morgan fingerprint density at radius 3 is 2.58 bits per heavy atom. The summed E-state index contributed by atoms with van der Waals surface area (Å²) < 4.78 is 5.36. The highest BCUT2D eigenvalue weighted by Gasteiger charge is 2.30. The van der Waals surface area contributed by atoms with Gasteiger partial charge in [0.1, 0.15) is 0 Å². The lowest BCUT2D eigenvalue weighted by Gasteiger charge is -2.37. The van der Waals surface area contributed by atoms with Gasteiger partial charge < -0.3 is 10.1 Å². The molecule has 2 rings (SSSR count). The average molecular weight is 261 g/mol. The van der Waals surface area contributed by atoms with Gasteiger partial charge in [0, 0.05) is 19.2 Å².